The summed E-state index contributed by atoms with van der Waals surface area (Å²) in [6.07, 6.45) is 1.97. The largest absolute Gasteiger partial charge is 0.372 e. The number of hydrogen-bond donors (Lipinski definition) is 0. The minimum Gasteiger partial charge on any atom is -0.372 e. The Morgan fingerprint density at radius 2 is 1.80 bits per heavy atom. The maximum absolute atomic E-state index is 13.2. The first-order chi connectivity index (χ1) is 12.1. The van der Waals surface area contributed by atoms with E-state index >= 15 is 0 Å². The van der Waals surface area contributed by atoms with E-state index in [1.165, 1.54) is 12.1 Å². The lowest BCUT2D eigenvalue weighted by atomic mass is 10.1. The van der Waals surface area contributed by atoms with E-state index in [4.69, 9.17) is 4.74 Å². The number of carbonyl (C=O) groups is 1. The molecule has 2 aromatic rings. The first-order valence-corrected chi connectivity index (χ1v) is 8.48. The Morgan fingerprint density at radius 3 is 2.52 bits per heavy atom. The van der Waals surface area contributed by atoms with Crippen molar-refractivity contribution in [1.29, 1.82) is 0 Å². The molecule has 1 amide bonds. The molecule has 1 atom stereocenters. The van der Waals surface area contributed by atoms with Gasteiger partial charge in [0.05, 0.1) is 19.1 Å². The molecule has 3 nitrogen and oxygen atoms in total. The first-order valence-electron chi connectivity index (χ1n) is 8.48. The quantitative estimate of drug-likeness (QED) is 0.827. The number of piperidine rings is 1. The van der Waals surface area contributed by atoms with E-state index < -0.39 is 11.6 Å². The zero-order chi connectivity index (χ0) is 17.6. The van der Waals surface area contributed by atoms with Gasteiger partial charge in [-0.15, -0.1) is 0 Å². The standard InChI is InChI=1S/C20H21F2NO2/c21-17-9-16(10-18(22)12-17)14-25-19-7-4-8-23(13-19)20(24)11-15-5-2-1-3-6-15/h1-3,5-6,9-10,12,19H,4,7-8,11,13-14H2. The van der Waals surface area contributed by atoms with Crippen molar-refractivity contribution in [2.45, 2.75) is 32.0 Å². The molecule has 1 aliphatic heterocycles. The summed E-state index contributed by atoms with van der Waals surface area (Å²) in [5.74, 6) is -1.14. The molecule has 0 radical (unpaired) electrons. The second-order valence-electron chi connectivity index (χ2n) is 6.36. The van der Waals surface area contributed by atoms with Crippen LogP contribution in [0, 0.1) is 11.6 Å². The third-order valence-corrected chi connectivity index (χ3v) is 4.34. The predicted molar refractivity (Wildman–Crippen MR) is 90.9 cm³/mol. The van der Waals surface area contributed by atoms with Gasteiger partial charge in [0.25, 0.3) is 0 Å². The van der Waals surface area contributed by atoms with Crippen LogP contribution in [0.4, 0.5) is 8.78 Å². The lowest BCUT2D eigenvalue weighted by Gasteiger charge is -2.33. The molecule has 1 aliphatic rings. The van der Waals surface area contributed by atoms with Gasteiger partial charge in [-0.05, 0) is 36.1 Å². The van der Waals surface area contributed by atoms with Gasteiger partial charge < -0.3 is 9.64 Å². The fraction of sp³-hybridized carbons (Fsp3) is 0.350. The van der Waals surface area contributed by atoms with Crippen molar-refractivity contribution in [3.8, 4) is 0 Å². The van der Waals surface area contributed by atoms with Gasteiger partial charge in [-0.2, -0.15) is 0 Å². The van der Waals surface area contributed by atoms with Crippen molar-refractivity contribution < 1.29 is 18.3 Å². The average Bonchev–Trinajstić information content (AvgIpc) is 2.60. The second-order valence-corrected chi connectivity index (χ2v) is 6.36. The molecule has 0 aliphatic carbocycles. The van der Waals surface area contributed by atoms with E-state index in [-0.39, 0.29) is 18.6 Å². The molecule has 132 valence electrons. The second kappa shape index (κ2) is 8.21. The van der Waals surface area contributed by atoms with Gasteiger partial charge in [0, 0.05) is 19.2 Å². The van der Waals surface area contributed by atoms with Crippen LogP contribution in [0.2, 0.25) is 0 Å². The minimum absolute atomic E-state index is 0.0799. The van der Waals surface area contributed by atoms with Gasteiger partial charge in [-0.1, -0.05) is 30.3 Å². The van der Waals surface area contributed by atoms with Crippen molar-refractivity contribution in [1.82, 2.24) is 4.90 Å². The molecule has 0 bridgehead atoms. The predicted octanol–water partition coefficient (Wildman–Crippen LogP) is 3.72. The zero-order valence-corrected chi connectivity index (χ0v) is 14.0. The Bertz CT molecular complexity index is 701. The van der Waals surface area contributed by atoms with Crippen molar-refractivity contribution in [2.75, 3.05) is 13.1 Å². The highest BCUT2D eigenvalue weighted by atomic mass is 19.1. The Hall–Kier alpha value is -2.27. The van der Waals surface area contributed by atoms with Crippen LogP contribution in [0.1, 0.15) is 24.0 Å². The zero-order valence-electron chi connectivity index (χ0n) is 14.0. The van der Waals surface area contributed by atoms with Crippen LogP contribution in [0.3, 0.4) is 0 Å². The molecule has 1 fully saturated rings. The summed E-state index contributed by atoms with van der Waals surface area (Å²) in [6, 6.07) is 13.0. The normalized spacial score (nSPS) is 17.5. The SMILES string of the molecule is O=C(Cc1ccccc1)N1CCCC(OCc2cc(F)cc(F)c2)C1. The number of carbonyl (C=O) groups excluding carboxylic acids is 1. The van der Waals surface area contributed by atoms with Gasteiger partial charge >= 0.3 is 0 Å². The number of ether oxygens (including phenoxy) is 1. The molecule has 1 saturated heterocycles. The van der Waals surface area contributed by atoms with Crippen molar-refractivity contribution >= 4 is 5.91 Å². The molecule has 0 aromatic heterocycles. The highest BCUT2D eigenvalue weighted by molar-refractivity contribution is 5.78. The number of nitrogens with zero attached hydrogens (tertiary/aromatic N) is 1. The fourth-order valence-electron chi connectivity index (χ4n) is 3.09. The third kappa shape index (κ3) is 5.10. The van der Waals surface area contributed by atoms with Crippen molar-refractivity contribution in [2.24, 2.45) is 0 Å². The molecular weight excluding hydrogens is 324 g/mol. The van der Waals surface area contributed by atoms with Crippen molar-refractivity contribution in [3.63, 3.8) is 0 Å². The molecule has 1 unspecified atom stereocenters. The first kappa shape index (κ1) is 17.5. The Morgan fingerprint density at radius 1 is 1.08 bits per heavy atom. The van der Waals surface area contributed by atoms with Gasteiger partial charge in [0.15, 0.2) is 0 Å². The molecular formula is C20H21F2NO2. The van der Waals surface area contributed by atoms with E-state index in [0.29, 0.717) is 18.5 Å². The fourth-order valence-corrected chi connectivity index (χ4v) is 3.09. The Kier molecular flexibility index (Phi) is 5.76. The highest BCUT2D eigenvalue weighted by Crippen LogP contribution is 2.17. The van der Waals surface area contributed by atoms with E-state index in [1.807, 2.05) is 35.2 Å². The molecule has 25 heavy (non-hydrogen) atoms. The summed E-state index contributed by atoms with van der Waals surface area (Å²) in [6.45, 7) is 1.38. The van der Waals surface area contributed by atoms with Crippen LogP contribution in [0.25, 0.3) is 0 Å². The molecule has 1 heterocycles. The van der Waals surface area contributed by atoms with Crippen LogP contribution >= 0.6 is 0 Å². The maximum atomic E-state index is 13.2. The smallest absolute Gasteiger partial charge is 0.227 e. The number of hydrogen-bond acceptors (Lipinski definition) is 2. The average molecular weight is 345 g/mol. The van der Waals surface area contributed by atoms with Gasteiger partial charge in [-0.3, -0.25) is 4.79 Å². The number of rotatable bonds is 5. The van der Waals surface area contributed by atoms with Gasteiger partial charge in [-0.25, -0.2) is 8.78 Å². The van der Waals surface area contributed by atoms with Gasteiger partial charge in [0.2, 0.25) is 5.91 Å². The molecule has 0 spiro atoms. The van der Waals surface area contributed by atoms with E-state index in [1.54, 1.807) is 0 Å². The highest BCUT2D eigenvalue weighted by Gasteiger charge is 2.24. The van der Waals surface area contributed by atoms with Crippen LogP contribution in [0.15, 0.2) is 48.5 Å². The number of halogens is 2. The molecule has 3 rings (SSSR count). The summed E-state index contributed by atoms with van der Waals surface area (Å²) >= 11 is 0. The van der Waals surface area contributed by atoms with E-state index in [0.717, 1.165) is 31.0 Å². The summed E-state index contributed by atoms with van der Waals surface area (Å²) < 4.78 is 32.2. The monoisotopic (exact) mass is 345 g/mol. The lowest BCUT2D eigenvalue weighted by Crippen LogP contribution is -2.43. The van der Waals surface area contributed by atoms with E-state index in [2.05, 4.69) is 0 Å². The molecule has 5 heteroatoms. The third-order valence-electron chi connectivity index (χ3n) is 4.34. The summed E-state index contributed by atoms with van der Waals surface area (Å²) in [5, 5.41) is 0. The summed E-state index contributed by atoms with van der Waals surface area (Å²) in [7, 11) is 0. The van der Waals surface area contributed by atoms with Crippen LogP contribution in [-0.4, -0.2) is 30.0 Å². The van der Waals surface area contributed by atoms with Crippen LogP contribution in [0.5, 0.6) is 0 Å². The van der Waals surface area contributed by atoms with Gasteiger partial charge in [0.1, 0.15) is 11.6 Å². The topological polar surface area (TPSA) is 29.5 Å². The maximum Gasteiger partial charge on any atom is 0.227 e. The molecule has 2 aromatic carbocycles. The van der Waals surface area contributed by atoms with Crippen molar-refractivity contribution in [3.05, 3.63) is 71.3 Å². The molecule has 0 saturated carbocycles. The van der Waals surface area contributed by atoms with E-state index in [9.17, 15) is 13.6 Å². The summed E-state index contributed by atoms with van der Waals surface area (Å²) in [4.78, 5) is 14.3. The molecule has 0 N–H and O–H groups in total. The number of amides is 1. The Labute approximate surface area is 146 Å². The number of likely N-dealkylation sites (tertiary alicyclic amines) is 1. The minimum atomic E-state index is -0.609. The van der Waals surface area contributed by atoms with Crippen LogP contribution in [-0.2, 0) is 22.6 Å². The van der Waals surface area contributed by atoms with Crippen LogP contribution < -0.4 is 0 Å². The number of benzene rings is 2. The Balaban J connectivity index is 1.53. The summed E-state index contributed by atoms with van der Waals surface area (Å²) in [5.41, 5.74) is 1.45. The lowest BCUT2D eigenvalue weighted by molar-refractivity contribution is -0.134.